The summed E-state index contributed by atoms with van der Waals surface area (Å²) in [6, 6.07) is 5.02. The highest BCUT2D eigenvalue weighted by Gasteiger charge is 2.16. The molecule has 0 radical (unpaired) electrons. The SMILES string of the molecule is Cc1ccc(Cl)cc1NC(=O)C(=O)NCC(O)CN(C)C. The third-order valence-electron chi connectivity index (χ3n) is 2.73. The maximum Gasteiger partial charge on any atom is 0.313 e. The Balaban J connectivity index is 2.51. The van der Waals surface area contributed by atoms with Crippen LogP contribution in [-0.4, -0.2) is 55.1 Å². The minimum absolute atomic E-state index is 0.0129. The molecular weight excluding hydrogens is 294 g/mol. The van der Waals surface area contributed by atoms with Crippen LogP contribution >= 0.6 is 11.6 Å². The largest absolute Gasteiger partial charge is 0.390 e. The van der Waals surface area contributed by atoms with Crippen molar-refractivity contribution < 1.29 is 14.7 Å². The first-order chi connectivity index (χ1) is 9.79. The number of nitrogens with one attached hydrogen (secondary N) is 2. The number of nitrogens with zero attached hydrogens (tertiary/aromatic N) is 1. The van der Waals surface area contributed by atoms with Crippen molar-refractivity contribution in [3.8, 4) is 0 Å². The summed E-state index contributed by atoms with van der Waals surface area (Å²) in [6.07, 6.45) is -0.732. The van der Waals surface area contributed by atoms with Crippen molar-refractivity contribution in [1.82, 2.24) is 10.2 Å². The molecule has 0 heterocycles. The Kier molecular flexibility index (Phi) is 6.61. The van der Waals surface area contributed by atoms with Gasteiger partial charge in [-0.05, 0) is 38.7 Å². The van der Waals surface area contributed by atoms with E-state index in [0.29, 0.717) is 17.3 Å². The fraction of sp³-hybridized carbons (Fsp3) is 0.429. The van der Waals surface area contributed by atoms with Gasteiger partial charge in [0.1, 0.15) is 0 Å². The molecule has 0 saturated heterocycles. The molecule has 0 fully saturated rings. The van der Waals surface area contributed by atoms with Gasteiger partial charge in [0.05, 0.1) is 6.10 Å². The molecule has 6 nitrogen and oxygen atoms in total. The van der Waals surface area contributed by atoms with Crippen molar-refractivity contribution in [2.45, 2.75) is 13.0 Å². The fourth-order valence-electron chi connectivity index (χ4n) is 1.68. The second kappa shape index (κ2) is 7.97. The molecule has 1 aromatic rings. The predicted octanol–water partition coefficient (Wildman–Crippen LogP) is 0.626. The summed E-state index contributed by atoms with van der Waals surface area (Å²) in [6.45, 7) is 2.21. The Labute approximate surface area is 129 Å². The first-order valence-corrected chi connectivity index (χ1v) is 6.85. The number of hydrogen-bond acceptors (Lipinski definition) is 4. The molecule has 21 heavy (non-hydrogen) atoms. The summed E-state index contributed by atoms with van der Waals surface area (Å²) in [5, 5.41) is 15.0. The summed E-state index contributed by atoms with van der Waals surface area (Å²) < 4.78 is 0. The third kappa shape index (κ3) is 6.12. The second-order valence-corrected chi connectivity index (χ2v) is 5.48. The molecule has 0 bridgehead atoms. The van der Waals surface area contributed by atoms with Crippen molar-refractivity contribution in [3.63, 3.8) is 0 Å². The van der Waals surface area contributed by atoms with Crippen molar-refractivity contribution in [2.24, 2.45) is 0 Å². The number of carbonyl (C=O) groups excluding carboxylic acids is 2. The Morgan fingerprint density at radius 1 is 1.33 bits per heavy atom. The molecule has 7 heteroatoms. The van der Waals surface area contributed by atoms with Crippen LogP contribution < -0.4 is 10.6 Å². The number of aliphatic hydroxyl groups excluding tert-OH is 1. The minimum Gasteiger partial charge on any atom is -0.390 e. The highest BCUT2D eigenvalue weighted by atomic mass is 35.5. The second-order valence-electron chi connectivity index (χ2n) is 5.04. The zero-order valence-corrected chi connectivity index (χ0v) is 13.1. The quantitative estimate of drug-likeness (QED) is 0.696. The van der Waals surface area contributed by atoms with Crippen LogP contribution in [0.5, 0.6) is 0 Å². The Morgan fingerprint density at radius 3 is 2.62 bits per heavy atom. The van der Waals surface area contributed by atoms with Crippen molar-refractivity contribution >= 4 is 29.1 Å². The Morgan fingerprint density at radius 2 is 2.00 bits per heavy atom. The van der Waals surface area contributed by atoms with Gasteiger partial charge in [-0.2, -0.15) is 0 Å². The number of aryl methyl sites for hydroxylation is 1. The van der Waals surface area contributed by atoms with Gasteiger partial charge in [-0.1, -0.05) is 17.7 Å². The molecule has 1 unspecified atom stereocenters. The first-order valence-electron chi connectivity index (χ1n) is 6.47. The van der Waals surface area contributed by atoms with Gasteiger partial charge in [-0.3, -0.25) is 9.59 Å². The highest BCUT2D eigenvalue weighted by Crippen LogP contribution is 2.19. The van der Waals surface area contributed by atoms with Crippen LogP contribution in [0.2, 0.25) is 5.02 Å². The van der Waals surface area contributed by atoms with E-state index in [0.717, 1.165) is 5.56 Å². The number of hydrogen-bond donors (Lipinski definition) is 3. The lowest BCUT2D eigenvalue weighted by atomic mass is 10.2. The van der Waals surface area contributed by atoms with Gasteiger partial charge < -0.3 is 20.6 Å². The van der Waals surface area contributed by atoms with E-state index in [9.17, 15) is 14.7 Å². The zero-order valence-electron chi connectivity index (χ0n) is 12.3. The number of rotatable bonds is 5. The van der Waals surface area contributed by atoms with Gasteiger partial charge in [0.2, 0.25) is 0 Å². The van der Waals surface area contributed by atoms with Gasteiger partial charge in [0.15, 0.2) is 0 Å². The van der Waals surface area contributed by atoms with Gasteiger partial charge in [0.25, 0.3) is 0 Å². The molecule has 0 aliphatic rings. The number of benzene rings is 1. The number of aliphatic hydroxyl groups is 1. The summed E-state index contributed by atoms with van der Waals surface area (Å²) >= 11 is 5.84. The van der Waals surface area contributed by atoms with Gasteiger partial charge in [0, 0.05) is 23.8 Å². The maximum atomic E-state index is 11.8. The van der Waals surface area contributed by atoms with Gasteiger partial charge in [-0.15, -0.1) is 0 Å². The van der Waals surface area contributed by atoms with Crippen molar-refractivity contribution in [1.29, 1.82) is 0 Å². The summed E-state index contributed by atoms with van der Waals surface area (Å²) in [4.78, 5) is 25.2. The van der Waals surface area contributed by atoms with E-state index in [4.69, 9.17) is 11.6 Å². The fourth-order valence-corrected chi connectivity index (χ4v) is 1.86. The molecule has 1 aromatic carbocycles. The number of halogens is 1. The average molecular weight is 314 g/mol. The number of amides is 2. The normalized spacial score (nSPS) is 12.1. The Bertz CT molecular complexity index is 520. The number of carbonyl (C=O) groups is 2. The molecule has 0 aliphatic heterocycles. The minimum atomic E-state index is -0.799. The van der Waals surface area contributed by atoms with Crippen LogP contribution in [0.1, 0.15) is 5.56 Å². The summed E-state index contributed by atoms with van der Waals surface area (Å²) in [7, 11) is 3.61. The number of likely N-dealkylation sites (N-methyl/N-ethyl adjacent to an activating group) is 1. The Hall–Kier alpha value is -1.63. The highest BCUT2D eigenvalue weighted by molar-refractivity contribution is 6.40. The van der Waals surface area contributed by atoms with Crippen molar-refractivity contribution in [3.05, 3.63) is 28.8 Å². The molecule has 0 aliphatic carbocycles. The van der Waals surface area contributed by atoms with E-state index in [1.54, 1.807) is 44.1 Å². The predicted molar refractivity (Wildman–Crippen MR) is 82.4 cm³/mol. The van der Waals surface area contributed by atoms with Gasteiger partial charge >= 0.3 is 11.8 Å². The molecular formula is C14H20ClN3O3. The lowest BCUT2D eigenvalue weighted by molar-refractivity contribution is -0.136. The van der Waals surface area contributed by atoms with Crippen LogP contribution in [-0.2, 0) is 9.59 Å². The monoisotopic (exact) mass is 313 g/mol. The molecule has 1 rings (SSSR count). The molecule has 3 N–H and O–H groups in total. The van der Waals surface area contributed by atoms with E-state index >= 15 is 0 Å². The lowest BCUT2D eigenvalue weighted by Crippen LogP contribution is -2.42. The zero-order chi connectivity index (χ0) is 16.0. The summed E-state index contributed by atoms with van der Waals surface area (Å²) in [5.74, 6) is -1.59. The molecule has 1 atom stereocenters. The van der Waals surface area contributed by atoms with E-state index in [-0.39, 0.29) is 6.54 Å². The van der Waals surface area contributed by atoms with E-state index in [1.165, 1.54) is 0 Å². The van der Waals surface area contributed by atoms with Gasteiger partial charge in [-0.25, -0.2) is 0 Å². The van der Waals surface area contributed by atoms with E-state index in [1.807, 2.05) is 0 Å². The van der Waals surface area contributed by atoms with Crippen molar-refractivity contribution in [2.75, 3.05) is 32.5 Å². The molecule has 116 valence electrons. The van der Waals surface area contributed by atoms with Crippen LogP contribution in [0.3, 0.4) is 0 Å². The van der Waals surface area contributed by atoms with Crippen LogP contribution in [0.15, 0.2) is 18.2 Å². The number of anilines is 1. The average Bonchev–Trinajstić information content (AvgIpc) is 2.39. The van der Waals surface area contributed by atoms with Crippen LogP contribution in [0.25, 0.3) is 0 Å². The molecule has 0 saturated carbocycles. The standard InChI is InChI=1S/C14H20ClN3O3/c1-9-4-5-10(15)6-12(9)17-14(21)13(20)16-7-11(19)8-18(2)3/h4-6,11,19H,7-8H2,1-3H3,(H,16,20)(H,17,21). The van der Waals surface area contributed by atoms with E-state index in [2.05, 4.69) is 10.6 Å². The topological polar surface area (TPSA) is 81.7 Å². The lowest BCUT2D eigenvalue weighted by Gasteiger charge is -2.16. The molecule has 0 aromatic heterocycles. The first kappa shape index (κ1) is 17.4. The van der Waals surface area contributed by atoms with Crippen LogP contribution in [0, 0.1) is 6.92 Å². The smallest absolute Gasteiger partial charge is 0.313 e. The van der Waals surface area contributed by atoms with E-state index < -0.39 is 17.9 Å². The molecule has 0 spiro atoms. The third-order valence-corrected chi connectivity index (χ3v) is 2.96. The maximum absolute atomic E-state index is 11.8. The molecule has 2 amide bonds. The summed E-state index contributed by atoms with van der Waals surface area (Å²) in [5.41, 5.74) is 1.28. The van der Waals surface area contributed by atoms with Crippen LogP contribution in [0.4, 0.5) is 5.69 Å².